The van der Waals surface area contributed by atoms with Crippen LogP contribution in [0.25, 0.3) is 10.9 Å². The van der Waals surface area contributed by atoms with Gasteiger partial charge in [0.15, 0.2) is 0 Å². The Balaban J connectivity index is 1.70. The number of carbonyl (C=O) groups is 1. The zero-order chi connectivity index (χ0) is 15.4. The molecule has 1 N–H and O–H groups in total. The summed E-state index contributed by atoms with van der Waals surface area (Å²) in [5.74, 6) is 0.218. The Kier molecular flexibility index (Phi) is 4.61. The van der Waals surface area contributed by atoms with Crippen molar-refractivity contribution >= 4 is 45.9 Å². The van der Waals surface area contributed by atoms with Gasteiger partial charge in [-0.3, -0.25) is 9.78 Å². The second kappa shape index (κ2) is 6.81. The number of para-hydroxylation sites is 1. The molecule has 0 unspecified atom stereocenters. The quantitative estimate of drug-likeness (QED) is 0.711. The summed E-state index contributed by atoms with van der Waals surface area (Å²) in [7, 11) is 0. The van der Waals surface area contributed by atoms with Gasteiger partial charge in [0.1, 0.15) is 0 Å². The van der Waals surface area contributed by atoms with Gasteiger partial charge in [-0.1, -0.05) is 41.9 Å². The van der Waals surface area contributed by atoms with Crippen LogP contribution in [0.1, 0.15) is 0 Å². The fourth-order valence-electron chi connectivity index (χ4n) is 2.10. The first kappa shape index (κ1) is 14.9. The fraction of sp³-hybridized carbons (Fsp3) is 0.0588. The summed E-state index contributed by atoms with van der Waals surface area (Å²) in [6, 6.07) is 17.1. The molecule has 3 aromatic rings. The average Bonchev–Trinajstić information content (AvgIpc) is 2.54. The van der Waals surface area contributed by atoms with Crippen molar-refractivity contribution in [2.24, 2.45) is 0 Å². The molecule has 22 heavy (non-hydrogen) atoms. The fourth-order valence-corrected chi connectivity index (χ4v) is 3.14. The van der Waals surface area contributed by atoms with Gasteiger partial charge in [-0.05, 0) is 24.3 Å². The number of hydrogen-bond donors (Lipinski definition) is 1. The van der Waals surface area contributed by atoms with Gasteiger partial charge in [0.05, 0.1) is 22.0 Å². The summed E-state index contributed by atoms with van der Waals surface area (Å²) < 4.78 is 0. The van der Waals surface area contributed by atoms with Crippen LogP contribution in [0.3, 0.4) is 0 Å². The molecule has 1 aromatic heterocycles. The van der Waals surface area contributed by atoms with Crippen molar-refractivity contribution in [1.29, 1.82) is 0 Å². The van der Waals surface area contributed by atoms with Crippen LogP contribution in [0, 0.1) is 0 Å². The van der Waals surface area contributed by atoms with E-state index in [4.69, 9.17) is 11.6 Å². The highest BCUT2D eigenvalue weighted by molar-refractivity contribution is 8.00. The molecular formula is C17H13ClN2OS. The van der Waals surface area contributed by atoms with Crippen LogP contribution >= 0.6 is 23.4 Å². The average molecular weight is 329 g/mol. The molecule has 0 spiro atoms. The van der Waals surface area contributed by atoms with E-state index >= 15 is 0 Å². The minimum absolute atomic E-state index is 0.0805. The van der Waals surface area contributed by atoms with Crippen molar-refractivity contribution in [2.45, 2.75) is 4.90 Å². The summed E-state index contributed by atoms with van der Waals surface area (Å²) in [5.41, 5.74) is 1.52. The van der Waals surface area contributed by atoms with Gasteiger partial charge in [0.2, 0.25) is 5.91 Å². The molecule has 0 aliphatic carbocycles. The SMILES string of the molecule is O=C(CSc1ccccc1Cl)Nc1cccc2cccnc12. The molecule has 110 valence electrons. The van der Waals surface area contributed by atoms with E-state index in [-0.39, 0.29) is 5.91 Å². The van der Waals surface area contributed by atoms with E-state index in [0.717, 1.165) is 21.5 Å². The lowest BCUT2D eigenvalue weighted by molar-refractivity contribution is -0.113. The van der Waals surface area contributed by atoms with E-state index in [2.05, 4.69) is 10.3 Å². The number of pyridine rings is 1. The van der Waals surface area contributed by atoms with Crippen molar-refractivity contribution in [3.63, 3.8) is 0 Å². The number of fused-ring (bicyclic) bond motifs is 1. The van der Waals surface area contributed by atoms with Gasteiger partial charge in [0, 0.05) is 16.5 Å². The number of carbonyl (C=O) groups excluding carboxylic acids is 1. The molecule has 5 heteroatoms. The zero-order valence-corrected chi connectivity index (χ0v) is 13.2. The molecule has 0 radical (unpaired) electrons. The van der Waals surface area contributed by atoms with Gasteiger partial charge in [-0.25, -0.2) is 0 Å². The third kappa shape index (κ3) is 3.40. The Morgan fingerprint density at radius 2 is 1.91 bits per heavy atom. The van der Waals surface area contributed by atoms with Gasteiger partial charge in [-0.2, -0.15) is 0 Å². The van der Waals surface area contributed by atoms with Crippen LogP contribution in [-0.4, -0.2) is 16.6 Å². The molecule has 0 fully saturated rings. The Labute approximate surface area is 137 Å². The van der Waals surface area contributed by atoms with Crippen LogP contribution in [0.5, 0.6) is 0 Å². The topological polar surface area (TPSA) is 42.0 Å². The summed E-state index contributed by atoms with van der Waals surface area (Å²) >= 11 is 7.50. The van der Waals surface area contributed by atoms with Gasteiger partial charge >= 0.3 is 0 Å². The van der Waals surface area contributed by atoms with Crippen molar-refractivity contribution in [2.75, 3.05) is 11.1 Å². The third-order valence-corrected chi connectivity index (χ3v) is 4.62. The number of amides is 1. The zero-order valence-electron chi connectivity index (χ0n) is 11.6. The Hall–Kier alpha value is -2.04. The minimum atomic E-state index is -0.0805. The maximum atomic E-state index is 12.1. The number of thioether (sulfide) groups is 1. The standard InChI is InChI=1S/C17H13ClN2OS/c18-13-7-1-2-9-15(13)22-11-16(21)20-14-8-3-5-12-6-4-10-19-17(12)14/h1-10H,11H2,(H,20,21). The molecule has 1 amide bonds. The molecule has 1 heterocycles. The first-order chi connectivity index (χ1) is 10.7. The minimum Gasteiger partial charge on any atom is -0.323 e. The molecular weight excluding hydrogens is 316 g/mol. The number of benzene rings is 2. The lowest BCUT2D eigenvalue weighted by Gasteiger charge is -2.08. The molecule has 0 aliphatic rings. The van der Waals surface area contributed by atoms with Crippen LogP contribution in [0.4, 0.5) is 5.69 Å². The van der Waals surface area contributed by atoms with Gasteiger partial charge in [0.25, 0.3) is 0 Å². The largest absolute Gasteiger partial charge is 0.323 e. The molecule has 0 bridgehead atoms. The normalized spacial score (nSPS) is 10.6. The summed E-state index contributed by atoms with van der Waals surface area (Å²) in [5, 5.41) is 4.57. The van der Waals surface area contributed by atoms with Crippen molar-refractivity contribution in [3.8, 4) is 0 Å². The molecule has 3 rings (SSSR count). The van der Waals surface area contributed by atoms with Crippen molar-refractivity contribution < 1.29 is 4.79 Å². The van der Waals surface area contributed by atoms with Crippen molar-refractivity contribution in [1.82, 2.24) is 4.98 Å². The molecule has 0 saturated carbocycles. The van der Waals surface area contributed by atoms with E-state index in [1.807, 2.05) is 54.6 Å². The second-order valence-corrected chi connectivity index (χ2v) is 6.07. The van der Waals surface area contributed by atoms with Crippen molar-refractivity contribution in [3.05, 3.63) is 65.8 Å². The predicted molar refractivity (Wildman–Crippen MR) is 92.5 cm³/mol. The maximum absolute atomic E-state index is 12.1. The first-order valence-electron chi connectivity index (χ1n) is 6.75. The molecule has 0 atom stereocenters. The highest BCUT2D eigenvalue weighted by Crippen LogP contribution is 2.27. The molecule has 3 nitrogen and oxygen atoms in total. The Morgan fingerprint density at radius 1 is 1.09 bits per heavy atom. The number of aromatic nitrogens is 1. The third-order valence-electron chi connectivity index (χ3n) is 3.10. The number of nitrogens with zero attached hydrogens (tertiary/aromatic N) is 1. The van der Waals surface area contributed by atoms with E-state index in [0.29, 0.717) is 10.8 Å². The Bertz CT molecular complexity index is 817. The van der Waals surface area contributed by atoms with E-state index in [9.17, 15) is 4.79 Å². The number of nitrogens with one attached hydrogen (secondary N) is 1. The highest BCUT2D eigenvalue weighted by Gasteiger charge is 2.08. The van der Waals surface area contributed by atoms with E-state index in [1.54, 1.807) is 6.20 Å². The lowest BCUT2D eigenvalue weighted by atomic mass is 10.2. The predicted octanol–water partition coefficient (Wildman–Crippen LogP) is 4.62. The summed E-state index contributed by atoms with van der Waals surface area (Å²) in [4.78, 5) is 17.4. The first-order valence-corrected chi connectivity index (χ1v) is 8.11. The number of hydrogen-bond acceptors (Lipinski definition) is 3. The van der Waals surface area contributed by atoms with E-state index in [1.165, 1.54) is 11.8 Å². The smallest absolute Gasteiger partial charge is 0.234 e. The van der Waals surface area contributed by atoms with Crippen LogP contribution in [0.2, 0.25) is 5.02 Å². The molecule has 0 saturated heterocycles. The highest BCUT2D eigenvalue weighted by atomic mass is 35.5. The van der Waals surface area contributed by atoms with Crippen LogP contribution in [0.15, 0.2) is 65.7 Å². The molecule has 0 aliphatic heterocycles. The number of anilines is 1. The number of rotatable bonds is 4. The van der Waals surface area contributed by atoms with Gasteiger partial charge in [-0.15, -0.1) is 11.8 Å². The summed E-state index contributed by atoms with van der Waals surface area (Å²) in [6.45, 7) is 0. The van der Waals surface area contributed by atoms with Crippen LogP contribution in [-0.2, 0) is 4.79 Å². The monoisotopic (exact) mass is 328 g/mol. The lowest BCUT2D eigenvalue weighted by Crippen LogP contribution is -2.14. The maximum Gasteiger partial charge on any atom is 0.234 e. The summed E-state index contributed by atoms with van der Waals surface area (Å²) in [6.07, 6.45) is 1.72. The Morgan fingerprint density at radius 3 is 2.77 bits per heavy atom. The van der Waals surface area contributed by atoms with Gasteiger partial charge < -0.3 is 5.32 Å². The molecule has 2 aromatic carbocycles. The van der Waals surface area contributed by atoms with E-state index < -0.39 is 0 Å². The number of halogens is 1. The second-order valence-electron chi connectivity index (χ2n) is 4.65. The van der Waals surface area contributed by atoms with Crippen LogP contribution < -0.4 is 5.32 Å².